The van der Waals surface area contributed by atoms with Crippen LogP contribution in [0, 0.1) is 6.92 Å². The molecule has 0 spiro atoms. The number of sulfonamides is 1. The highest BCUT2D eigenvalue weighted by Gasteiger charge is 2.23. The molecule has 1 aliphatic rings. The summed E-state index contributed by atoms with van der Waals surface area (Å²) in [5.74, 6) is 1.31. The summed E-state index contributed by atoms with van der Waals surface area (Å²) in [5.41, 5.74) is 4.17. The first-order chi connectivity index (χ1) is 14.0. The first-order valence-corrected chi connectivity index (χ1v) is 11.2. The molecule has 152 valence electrons. The summed E-state index contributed by atoms with van der Waals surface area (Å²) in [4.78, 5) is 4.44. The van der Waals surface area contributed by atoms with Crippen LogP contribution < -0.4 is 9.46 Å². The minimum atomic E-state index is -3.68. The van der Waals surface area contributed by atoms with Crippen LogP contribution >= 0.6 is 0 Å². The molecule has 3 aromatic rings. The number of aromatic nitrogens is 2. The molecule has 0 saturated heterocycles. The van der Waals surface area contributed by atoms with Crippen molar-refractivity contribution < 1.29 is 13.2 Å². The van der Waals surface area contributed by atoms with Gasteiger partial charge < -0.3 is 9.30 Å². The molecule has 0 amide bonds. The van der Waals surface area contributed by atoms with E-state index in [0.29, 0.717) is 5.75 Å². The lowest BCUT2D eigenvalue weighted by atomic mass is 9.92. The summed E-state index contributed by atoms with van der Waals surface area (Å²) in [7, 11) is -2.17. The van der Waals surface area contributed by atoms with Gasteiger partial charge in [0.05, 0.1) is 7.11 Å². The molecule has 6 nitrogen and oxygen atoms in total. The first kappa shape index (κ1) is 19.7. The van der Waals surface area contributed by atoms with Crippen LogP contribution in [0.3, 0.4) is 0 Å². The maximum absolute atomic E-state index is 13.0. The van der Waals surface area contributed by atoms with Gasteiger partial charge >= 0.3 is 0 Å². The third-order valence-corrected chi connectivity index (χ3v) is 6.85. The van der Waals surface area contributed by atoms with E-state index in [1.54, 1.807) is 12.3 Å². The minimum absolute atomic E-state index is 0.214. The van der Waals surface area contributed by atoms with Crippen LogP contribution in [0.4, 0.5) is 0 Å². The smallest absolute Gasteiger partial charge is 0.244 e. The molecule has 0 unspecified atom stereocenters. The molecule has 1 aromatic heterocycles. The van der Waals surface area contributed by atoms with Crippen LogP contribution in [0.5, 0.6) is 5.75 Å². The maximum atomic E-state index is 13.0. The van der Waals surface area contributed by atoms with Gasteiger partial charge in [0.25, 0.3) is 0 Å². The van der Waals surface area contributed by atoms with Crippen molar-refractivity contribution in [3.8, 4) is 11.4 Å². The zero-order valence-corrected chi connectivity index (χ0v) is 17.5. The van der Waals surface area contributed by atoms with E-state index in [1.807, 2.05) is 48.0 Å². The van der Waals surface area contributed by atoms with Gasteiger partial charge in [-0.1, -0.05) is 12.1 Å². The van der Waals surface area contributed by atoms with Crippen molar-refractivity contribution in [2.45, 2.75) is 44.0 Å². The molecular weight excluding hydrogens is 386 g/mol. The number of imidazole rings is 1. The van der Waals surface area contributed by atoms with E-state index >= 15 is 0 Å². The van der Waals surface area contributed by atoms with Gasteiger partial charge in [0.1, 0.15) is 16.5 Å². The van der Waals surface area contributed by atoms with Crippen molar-refractivity contribution in [2.75, 3.05) is 7.11 Å². The van der Waals surface area contributed by atoms with Gasteiger partial charge in [0, 0.05) is 24.6 Å². The van der Waals surface area contributed by atoms with Crippen LogP contribution in [0.15, 0.2) is 53.7 Å². The van der Waals surface area contributed by atoms with Crippen LogP contribution in [-0.2, 0) is 29.4 Å². The third-order valence-electron chi connectivity index (χ3n) is 5.42. The lowest BCUT2D eigenvalue weighted by molar-refractivity contribution is 0.401. The average Bonchev–Trinajstić information content (AvgIpc) is 3.17. The molecule has 0 fully saturated rings. The third kappa shape index (κ3) is 4.06. The highest BCUT2D eigenvalue weighted by Crippen LogP contribution is 2.32. The van der Waals surface area contributed by atoms with Crippen LogP contribution in [-0.4, -0.2) is 25.1 Å². The van der Waals surface area contributed by atoms with E-state index in [0.717, 1.165) is 48.3 Å². The molecule has 0 aliphatic heterocycles. The fourth-order valence-corrected chi connectivity index (χ4v) is 5.01. The number of ether oxygens (including phenoxy) is 1. The molecule has 29 heavy (non-hydrogen) atoms. The fourth-order valence-electron chi connectivity index (χ4n) is 3.79. The van der Waals surface area contributed by atoms with E-state index in [2.05, 4.69) is 9.71 Å². The van der Waals surface area contributed by atoms with E-state index in [4.69, 9.17) is 4.74 Å². The lowest BCUT2D eigenvalue weighted by Crippen LogP contribution is -2.24. The number of benzene rings is 2. The second kappa shape index (κ2) is 8.00. The Bertz CT molecular complexity index is 1120. The Labute approximate surface area is 171 Å². The van der Waals surface area contributed by atoms with Crippen molar-refractivity contribution in [1.29, 1.82) is 0 Å². The summed E-state index contributed by atoms with van der Waals surface area (Å²) < 4.78 is 36.0. The predicted octanol–water partition coefficient (Wildman–Crippen LogP) is 3.55. The summed E-state index contributed by atoms with van der Waals surface area (Å²) in [6.45, 7) is 2.15. The number of rotatable bonds is 6. The Balaban J connectivity index is 1.53. The second-order valence-electron chi connectivity index (χ2n) is 7.31. The second-order valence-corrected chi connectivity index (χ2v) is 9.05. The normalized spacial score (nSPS) is 13.9. The van der Waals surface area contributed by atoms with Gasteiger partial charge in [-0.05, 0) is 73.6 Å². The Hall–Kier alpha value is -2.64. The predicted molar refractivity (Wildman–Crippen MR) is 112 cm³/mol. The number of hydrogen-bond acceptors (Lipinski definition) is 4. The lowest BCUT2D eigenvalue weighted by Gasteiger charge is -2.19. The number of fused-ring (bicyclic) bond motifs is 1. The largest absolute Gasteiger partial charge is 0.495 e. The highest BCUT2D eigenvalue weighted by molar-refractivity contribution is 7.89. The molecule has 1 aliphatic carbocycles. The van der Waals surface area contributed by atoms with Gasteiger partial charge in [-0.15, -0.1) is 0 Å². The molecule has 1 heterocycles. The Morgan fingerprint density at radius 3 is 2.41 bits per heavy atom. The van der Waals surface area contributed by atoms with Gasteiger partial charge in [0.15, 0.2) is 0 Å². The van der Waals surface area contributed by atoms with E-state index in [9.17, 15) is 8.42 Å². The zero-order valence-electron chi connectivity index (χ0n) is 16.7. The van der Waals surface area contributed by atoms with E-state index in [-0.39, 0.29) is 11.4 Å². The topological polar surface area (TPSA) is 73.2 Å². The fraction of sp³-hybridized carbons (Fsp3) is 0.318. The molecule has 4 rings (SSSR count). The minimum Gasteiger partial charge on any atom is -0.495 e. The molecule has 7 heteroatoms. The molecule has 0 atom stereocenters. The Kier molecular flexibility index (Phi) is 5.43. The summed E-state index contributed by atoms with van der Waals surface area (Å²) >= 11 is 0. The molecule has 0 bridgehead atoms. The number of methoxy groups -OCH3 is 1. The Morgan fingerprint density at radius 2 is 1.79 bits per heavy atom. The van der Waals surface area contributed by atoms with Crippen LogP contribution in [0.1, 0.15) is 35.4 Å². The van der Waals surface area contributed by atoms with Gasteiger partial charge in [-0.3, -0.25) is 0 Å². The summed E-state index contributed by atoms with van der Waals surface area (Å²) in [5, 5.41) is 0. The molecule has 2 aromatic carbocycles. The molecular formula is C22H25N3O3S. The SMILES string of the molecule is COc1cc2c(cc1S(=O)(=O)NCc1ccc(-n3ccnc3C)cc1)CCCC2. The Morgan fingerprint density at radius 1 is 1.10 bits per heavy atom. The number of hydrogen-bond donors (Lipinski definition) is 1. The van der Waals surface area contributed by atoms with Gasteiger partial charge in [-0.2, -0.15) is 0 Å². The van der Waals surface area contributed by atoms with Gasteiger partial charge in [0.2, 0.25) is 10.0 Å². The summed E-state index contributed by atoms with van der Waals surface area (Å²) in [6, 6.07) is 11.4. The summed E-state index contributed by atoms with van der Waals surface area (Å²) in [6.07, 6.45) is 7.77. The highest BCUT2D eigenvalue weighted by atomic mass is 32.2. The standard InChI is InChI=1S/C22H25N3O3S/c1-16-23-11-12-25(16)20-9-7-17(8-10-20)15-24-29(26,27)22-14-19-6-4-3-5-18(19)13-21(22)28-2/h7-14,24H,3-6,15H2,1-2H3. The number of aryl methyl sites for hydroxylation is 3. The van der Waals surface area contributed by atoms with Crippen molar-refractivity contribution in [3.05, 3.63) is 71.3 Å². The van der Waals surface area contributed by atoms with Crippen molar-refractivity contribution >= 4 is 10.0 Å². The number of nitrogens with one attached hydrogen (secondary N) is 1. The quantitative estimate of drug-likeness (QED) is 0.673. The first-order valence-electron chi connectivity index (χ1n) is 9.76. The van der Waals surface area contributed by atoms with E-state index in [1.165, 1.54) is 12.7 Å². The van der Waals surface area contributed by atoms with Crippen molar-refractivity contribution in [3.63, 3.8) is 0 Å². The van der Waals surface area contributed by atoms with Crippen molar-refractivity contribution in [2.24, 2.45) is 0 Å². The van der Waals surface area contributed by atoms with Gasteiger partial charge in [-0.25, -0.2) is 18.1 Å². The monoisotopic (exact) mass is 411 g/mol. The molecule has 0 saturated carbocycles. The molecule has 1 N–H and O–H groups in total. The van der Waals surface area contributed by atoms with E-state index < -0.39 is 10.0 Å². The number of nitrogens with zero attached hydrogens (tertiary/aromatic N) is 2. The zero-order chi connectivity index (χ0) is 20.4. The van der Waals surface area contributed by atoms with Crippen molar-refractivity contribution in [1.82, 2.24) is 14.3 Å². The maximum Gasteiger partial charge on any atom is 0.244 e. The average molecular weight is 412 g/mol. The molecule has 0 radical (unpaired) electrons. The van der Waals surface area contributed by atoms with Crippen LogP contribution in [0.2, 0.25) is 0 Å². The van der Waals surface area contributed by atoms with Crippen LogP contribution in [0.25, 0.3) is 5.69 Å².